The first-order valence-electron chi connectivity index (χ1n) is 5.78. The monoisotopic (exact) mass is 313 g/mol. The van der Waals surface area contributed by atoms with E-state index in [1.807, 2.05) is 0 Å². The number of halogens is 1. The molecule has 0 amide bonds. The summed E-state index contributed by atoms with van der Waals surface area (Å²) >= 11 is 0. The predicted octanol–water partition coefficient (Wildman–Crippen LogP) is 1.66. The lowest BCUT2D eigenvalue weighted by atomic mass is 10.1. The van der Waals surface area contributed by atoms with Crippen LogP contribution in [0.3, 0.4) is 0 Å². The van der Waals surface area contributed by atoms with Gasteiger partial charge in [-0.2, -0.15) is 5.10 Å². The standard InChI is InChI=1S/C12H12FN3O4S/c1-6-5-14-15-11(6)16-21(19,20)10-4-8(12(17)18)3-9(13)7(10)2/h3-5H,1-2H3,(H,17,18)(H2,14,15,16). The van der Waals surface area contributed by atoms with Crippen LogP contribution < -0.4 is 4.72 Å². The average molecular weight is 313 g/mol. The Balaban J connectivity index is 2.54. The molecule has 0 saturated carbocycles. The first-order chi connectivity index (χ1) is 9.72. The van der Waals surface area contributed by atoms with Crippen LogP contribution in [0.25, 0.3) is 0 Å². The molecule has 0 aliphatic heterocycles. The van der Waals surface area contributed by atoms with Gasteiger partial charge in [0.1, 0.15) is 11.6 Å². The number of aromatic amines is 1. The molecule has 1 aromatic carbocycles. The SMILES string of the molecule is Cc1cn[nH]c1NS(=O)(=O)c1cc(C(=O)O)cc(F)c1C. The van der Waals surface area contributed by atoms with Gasteiger partial charge in [-0.05, 0) is 26.0 Å². The van der Waals surface area contributed by atoms with Crippen LogP contribution in [0.4, 0.5) is 10.2 Å². The molecule has 7 nitrogen and oxygen atoms in total. The molecular weight excluding hydrogens is 301 g/mol. The van der Waals surface area contributed by atoms with Crippen LogP contribution in [0.5, 0.6) is 0 Å². The minimum atomic E-state index is -4.14. The summed E-state index contributed by atoms with van der Waals surface area (Å²) in [4.78, 5) is 10.5. The predicted molar refractivity (Wildman–Crippen MR) is 72.2 cm³/mol. The van der Waals surface area contributed by atoms with Crippen molar-refractivity contribution in [2.24, 2.45) is 0 Å². The first-order valence-corrected chi connectivity index (χ1v) is 7.27. The molecule has 9 heteroatoms. The van der Waals surface area contributed by atoms with E-state index in [0.717, 1.165) is 12.1 Å². The highest BCUT2D eigenvalue weighted by atomic mass is 32.2. The smallest absolute Gasteiger partial charge is 0.335 e. The molecule has 21 heavy (non-hydrogen) atoms. The molecule has 0 atom stereocenters. The number of carbonyl (C=O) groups is 1. The van der Waals surface area contributed by atoms with E-state index in [1.54, 1.807) is 6.92 Å². The molecule has 0 radical (unpaired) electrons. The number of hydrogen-bond acceptors (Lipinski definition) is 4. The molecule has 0 spiro atoms. The maximum Gasteiger partial charge on any atom is 0.335 e. The van der Waals surface area contributed by atoms with Crippen molar-refractivity contribution in [2.75, 3.05) is 4.72 Å². The van der Waals surface area contributed by atoms with Crippen molar-refractivity contribution in [3.8, 4) is 0 Å². The highest BCUT2D eigenvalue weighted by Gasteiger charge is 2.23. The Labute approximate surface area is 119 Å². The minimum Gasteiger partial charge on any atom is -0.478 e. The summed E-state index contributed by atoms with van der Waals surface area (Å²) in [5.41, 5.74) is -0.0597. The Bertz CT molecular complexity index is 814. The maximum absolute atomic E-state index is 13.7. The van der Waals surface area contributed by atoms with Crippen LogP contribution in [-0.4, -0.2) is 29.7 Å². The topological polar surface area (TPSA) is 112 Å². The summed E-state index contributed by atoms with van der Waals surface area (Å²) in [5, 5.41) is 15.0. The van der Waals surface area contributed by atoms with Gasteiger partial charge in [0.15, 0.2) is 0 Å². The van der Waals surface area contributed by atoms with Gasteiger partial charge in [-0.1, -0.05) is 0 Å². The summed E-state index contributed by atoms with van der Waals surface area (Å²) in [6.07, 6.45) is 1.42. The van der Waals surface area contributed by atoms with Crippen LogP contribution in [0, 0.1) is 19.7 Å². The van der Waals surface area contributed by atoms with Gasteiger partial charge in [-0.25, -0.2) is 17.6 Å². The van der Waals surface area contributed by atoms with Crippen molar-refractivity contribution in [1.82, 2.24) is 10.2 Å². The second-order valence-electron chi connectivity index (χ2n) is 4.42. The number of rotatable bonds is 4. The Hall–Kier alpha value is -2.42. The van der Waals surface area contributed by atoms with Crippen LogP contribution in [0.15, 0.2) is 23.2 Å². The lowest BCUT2D eigenvalue weighted by molar-refractivity contribution is 0.0696. The number of aromatic carboxylic acids is 1. The van der Waals surface area contributed by atoms with E-state index >= 15 is 0 Å². The molecule has 1 heterocycles. The van der Waals surface area contributed by atoms with E-state index in [2.05, 4.69) is 14.9 Å². The summed E-state index contributed by atoms with van der Waals surface area (Å²) in [7, 11) is -4.14. The van der Waals surface area contributed by atoms with Crippen molar-refractivity contribution < 1.29 is 22.7 Å². The van der Waals surface area contributed by atoms with Crippen molar-refractivity contribution in [3.63, 3.8) is 0 Å². The molecule has 0 fully saturated rings. The van der Waals surface area contributed by atoms with Gasteiger partial charge in [0, 0.05) is 11.1 Å². The molecule has 1 aromatic heterocycles. The number of H-pyrrole nitrogens is 1. The molecule has 0 bridgehead atoms. The van der Waals surface area contributed by atoms with Gasteiger partial charge in [0.05, 0.1) is 16.7 Å². The van der Waals surface area contributed by atoms with Crippen LogP contribution in [-0.2, 0) is 10.0 Å². The molecule has 112 valence electrons. The van der Waals surface area contributed by atoms with Crippen molar-refractivity contribution in [1.29, 1.82) is 0 Å². The highest BCUT2D eigenvalue weighted by molar-refractivity contribution is 7.92. The fourth-order valence-corrected chi connectivity index (χ4v) is 3.06. The number of nitrogens with one attached hydrogen (secondary N) is 2. The zero-order valence-corrected chi connectivity index (χ0v) is 12.0. The summed E-state index contributed by atoms with van der Waals surface area (Å²) in [6, 6.07) is 1.69. The van der Waals surface area contributed by atoms with Gasteiger partial charge < -0.3 is 5.11 Å². The van der Waals surface area contributed by atoms with Gasteiger partial charge in [0.2, 0.25) is 0 Å². The second kappa shape index (κ2) is 5.17. The number of anilines is 1. The number of aryl methyl sites for hydroxylation is 1. The van der Waals surface area contributed by atoms with Gasteiger partial charge in [0.25, 0.3) is 10.0 Å². The number of nitrogens with zero attached hydrogens (tertiary/aromatic N) is 1. The quantitative estimate of drug-likeness (QED) is 0.794. The number of hydrogen-bond donors (Lipinski definition) is 3. The normalized spacial score (nSPS) is 11.4. The lowest BCUT2D eigenvalue weighted by Gasteiger charge is -2.11. The van der Waals surface area contributed by atoms with Crippen LogP contribution in [0.2, 0.25) is 0 Å². The molecule has 0 saturated heterocycles. The highest BCUT2D eigenvalue weighted by Crippen LogP contribution is 2.23. The molecule has 2 rings (SSSR count). The Morgan fingerprint density at radius 1 is 1.38 bits per heavy atom. The van der Waals surface area contributed by atoms with E-state index in [0.29, 0.717) is 5.56 Å². The van der Waals surface area contributed by atoms with Crippen LogP contribution >= 0.6 is 0 Å². The third-order valence-electron chi connectivity index (χ3n) is 2.90. The summed E-state index contributed by atoms with van der Waals surface area (Å²) in [6.45, 7) is 2.89. The average Bonchev–Trinajstić information content (AvgIpc) is 2.77. The fraction of sp³-hybridized carbons (Fsp3) is 0.167. The van der Waals surface area contributed by atoms with E-state index in [1.165, 1.54) is 13.1 Å². The van der Waals surface area contributed by atoms with Crippen molar-refractivity contribution >= 4 is 21.8 Å². The molecule has 3 N–H and O–H groups in total. The third-order valence-corrected chi connectivity index (χ3v) is 4.37. The second-order valence-corrected chi connectivity index (χ2v) is 6.07. The van der Waals surface area contributed by atoms with E-state index < -0.39 is 32.3 Å². The van der Waals surface area contributed by atoms with E-state index in [9.17, 15) is 17.6 Å². The molecular formula is C12H12FN3O4S. The number of carboxylic acid groups (broad SMARTS) is 1. The first kappa shape index (κ1) is 15.0. The summed E-state index contributed by atoms with van der Waals surface area (Å²) < 4.78 is 40.5. The van der Waals surface area contributed by atoms with E-state index in [-0.39, 0.29) is 11.4 Å². The Morgan fingerprint density at radius 2 is 2.05 bits per heavy atom. The number of carboxylic acids is 1. The third kappa shape index (κ3) is 2.87. The molecule has 2 aromatic rings. The summed E-state index contributed by atoms with van der Waals surface area (Å²) in [5.74, 6) is -2.18. The Kier molecular flexibility index (Phi) is 3.69. The van der Waals surface area contributed by atoms with E-state index in [4.69, 9.17) is 5.11 Å². The lowest BCUT2D eigenvalue weighted by Crippen LogP contribution is -2.17. The van der Waals surface area contributed by atoms with Crippen molar-refractivity contribution in [3.05, 3.63) is 40.8 Å². The Morgan fingerprint density at radius 3 is 2.57 bits per heavy atom. The van der Waals surface area contributed by atoms with Crippen molar-refractivity contribution in [2.45, 2.75) is 18.7 Å². The number of benzene rings is 1. The molecule has 0 aliphatic rings. The van der Waals surface area contributed by atoms with Crippen LogP contribution in [0.1, 0.15) is 21.5 Å². The molecule has 0 unspecified atom stereocenters. The fourth-order valence-electron chi connectivity index (χ4n) is 1.70. The largest absolute Gasteiger partial charge is 0.478 e. The zero-order chi connectivity index (χ0) is 15.8. The maximum atomic E-state index is 13.7. The molecule has 0 aliphatic carbocycles. The zero-order valence-electron chi connectivity index (χ0n) is 11.1. The minimum absolute atomic E-state index is 0.135. The van der Waals surface area contributed by atoms with Gasteiger partial charge in [-0.3, -0.25) is 9.82 Å². The number of aromatic nitrogens is 2. The number of sulfonamides is 1. The van der Waals surface area contributed by atoms with Gasteiger partial charge >= 0.3 is 5.97 Å². The van der Waals surface area contributed by atoms with Gasteiger partial charge in [-0.15, -0.1) is 0 Å².